The maximum atomic E-state index is 12.0. The van der Waals surface area contributed by atoms with E-state index in [1.54, 1.807) is 24.3 Å². The number of amides is 3. The highest BCUT2D eigenvalue weighted by Crippen LogP contribution is 2.30. The van der Waals surface area contributed by atoms with Crippen molar-refractivity contribution >= 4 is 23.4 Å². The molecule has 1 aromatic carbocycles. The Bertz CT molecular complexity index is 582. The fraction of sp³-hybridized carbons (Fsp3) is 0.471. The van der Waals surface area contributed by atoms with Gasteiger partial charge in [0.05, 0.1) is 0 Å². The molecule has 0 aromatic heterocycles. The van der Waals surface area contributed by atoms with Crippen molar-refractivity contribution < 1.29 is 19.1 Å². The summed E-state index contributed by atoms with van der Waals surface area (Å²) in [6.07, 6.45) is 1.90. The first-order chi connectivity index (χ1) is 11.6. The highest BCUT2D eigenvalue weighted by atomic mass is 16.5. The van der Waals surface area contributed by atoms with Gasteiger partial charge in [0.1, 0.15) is 6.61 Å². The molecule has 2 rings (SSSR count). The molecule has 0 atom stereocenters. The fourth-order valence-electron chi connectivity index (χ4n) is 2.02. The van der Waals surface area contributed by atoms with Crippen LogP contribution in [0.25, 0.3) is 0 Å². The van der Waals surface area contributed by atoms with Gasteiger partial charge in [-0.3, -0.25) is 14.4 Å². The Hall–Kier alpha value is -2.41. The largest absolute Gasteiger partial charge is 0.372 e. The molecule has 0 spiro atoms. The van der Waals surface area contributed by atoms with E-state index >= 15 is 0 Å². The SMILES string of the molecule is CCOCC(=O)NCCNC(=O)c1ccc(NC(=O)C2CC2)cc1. The van der Waals surface area contributed by atoms with Gasteiger partial charge in [-0.25, -0.2) is 0 Å². The lowest BCUT2D eigenvalue weighted by atomic mass is 10.2. The molecule has 1 fully saturated rings. The van der Waals surface area contributed by atoms with Gasteiger partial charge in [-0.05, 0) is 44.0 Å². The van der Waals surface area contributed by atoms with Gasteiger partial charge in [-0.2, -0.15) is 0 Å². The Labute approximate surface area is 141 Å². The molecule has 7 heteroatoms. The second-order valence-corrected chi connectivity index (χ2v) is 5.58. The number of carbonyl (C=O) groups excluding carboxylic acids is 3. The topological polar surface area (TPSA) is 96.5 Å². The van der Waals surface area contributed by atoms with Crippen LogP contribution >= 0.6 is 0 Å². The van der Waals surface area contributed by atoms with Gasteiger partial charge in [0.2, 0.25) is 11.8 Å². The van der Waals surface area contributed by atoms with Crippen LogP contribution in [0.3, 0.4) is 0 Å². The summed E-state index contributed by atoms with van der Waals surface area (Å²) in [4.78, 5) is 34.9. The Morgan fingerprint density at radius 3 is 2.38 bits per heavy atom. The van der Waals surface area contributed by atoms with Crippen LogP contribution in [0.15, 0.2) is 24.3 Å². The first kappa shape index (κ1) is 17.9. The minimum atomic E-state index is -0.228. The first-order valence-corrected chi connectivity index (χ1v) is 8.13. The third-order valence-electron chi connectivity index (χ3n) is 3.53. The van der Waals surface area contributed by atoms with Crippen LogP contribution in [0.2, 0.25) is 0 Å². The average Bonchev–Trinajstić information content (AvgIpc) is 3.42. The van der Waals surface area contributed by atoms with Crippen LogP contribution in [0.5, 0.6) is 0 Å². The van der Waals surface area contributed by atoms with Gasteiger partial charge < -0.3 is 20.7 Å². The number of ether oxygens (including phenoxy) is 1. The zero-order valence-corrected chi connectivity index (χ0v) is 13.8. The van der Waals surface area contributed by atoms with E-state index in [9.17, 15) is 14.4 Å². The lowest BCUT2D eigenvalue weighted by molar-refractivity contribution is -0.125. The van der Waals surface area contributed by atoms with E-state index in [0.717, 1.165) is 12.8 Å². The van der Waals surface area contributed by atoms with Crippen molar-refractivity contribution in [1.29, 1.82) is 0 Å². The van der Waals surface area contributed by atoms with Crippen molar-refractivity contribution in [3.8, 4) is 0 Å². The summed E-state index contributed by atoms with van der Waals surface area (Å²) in [5.41, 5.74) is 1.19. The van der Waals surface area contributed by atoms with Crippen LogP contribution in [-0.2, 0) is 14.3 Å². The number of benzene rings is 1. The van der Waals surface area contributed by atoms with Crippen LogP contribution in [0.4, 0.5) is 5.69 Å². The van der Waals surface area contributed by atoms with Crippen LogP contribution in [-0.4, -0.2) is 44.0 Å². The van der Waals surface area contributed by atoms with Gasteiger partial charge >= 0.3 is 0 Å². The highest BCUT2D eigenvalue weighted by molar-refractivity contribution is 5.96. The average molecular weight is 333 g/mol. The van der Waals surface area contributed by atoms with Gasteiger partial charge in [-0.15, -0.1) is 0 Å². The van der Waals surface area contributed by atoms with Crippen molar-refractivity contribution in [1.82, 2.24) is 10.6 Å². The van der Waals surface area contributed by atoms with Gasteiger partial charge in [0, 0.05) is 36.9 Å². The summed E-state index contributed by atoms with van der Waals surface area (Å²) >= 11 is 0. The molecule has 130 valence electrons. The molecule has 24 heavy (non-hydrogen) atoms. The van der Waals surface area contributed by atoms with Crippen LogP contribution in [0, 0.1) is 5.92 Å². The maximum absolute atomic E-state index is 12.0. The molecule has 0 unspecified atom stereocenters. The Morgan fingerprint density at radius 1 is 1.08 bits per heavy atom. The molecule has 0 radical (unpaired) electrons. The van der Waals surface area contributed by atoms with Crippen LogP contribution < -0.4 is 16.0 Å². The molecule has 0 bridgehead atoms. The fourth-order valence-corrected chi connectivity index (χ4v) is 2.02. The second-order valence-electron chi connectivity index (χ2n) is 5.58. The molecule has 0 heterocycles. The van der Waals surface area contributed by atoms with E-state index in [2.05, 4.69) is 16.0 Å². The van der Waals surface area contributed by atoms with Crippen molar-refractivity contribution in [2.45, 2.75) is 19.8 Å². The zero-order valence-electron chi connectivity index (χ0n) is 13.8. The van der Waals surface area contributed by atoms with E-state index in [1.165, 1.54) is 0 Å². The minimum Gasteiger partial charge on any atom is -0.372 e. The molecule has 0 saturated heterocycles. The monoisotopic (exact) mass is 333 g/mol. The highest BCUT2D eigenvalue weighted by Gasteiger charge is 2.29. The third-order valence-corrected chi connectivity index (χ3v) is 3.53. The molecular weight excluding hydrogens is 310 g/mol. The molecular formula is C17H23N3O4. The number of nitrogens with one attached hydrogen (secondary N) is 3. The molecule has 1 aliphatic rings. The summed E-state index contributed by atoms with van der Waals surface area (Å²) in [5.74, 6) is -0.253. The minimum absolute atomic E-state index is 0.0263. The second kappa shape index (κ2) is 9.02. The summed E-state index contributed by atoms with van der Waals surface area (Å²) in [5, 5.41) is 8.18. The molecule has 1 saturated carbocycles. The van der Waals surface area contributed by atoms with Gasteiger partial charge in [0.25, 0.3) is 5.91 Å². The Kier molecular flexibility index (Phi) is 6.74. The number of hydrogen-bond donors (Lipinski definition) is 3. The summed E-state index contributed by atoms with van der Waals surface area (Å²) in [6, 6.07) is 6.73. The summed E-state index contributed by atoms with van der Waals surface area (Å²) in [6.45, 7) is 3.00. The Balaban J connectivity index is 1.68. The first-order valence-electron chi connectivity index (χ1n) is 8.13. The van der Waals surface area contributed by atoms with Crippen LogP contribution in [0.1, 0.15) is 30.1 Å². The number of carbonyl (C=O) groups is 3. The normalized spacial score (nSPS) is 13.2. The molecule has 0 aliphatic heterocycles. The molecule has 1 aromatic rings. The van der Waals surface area contributed by atoms with Crippen molar-refractivity contribution in [2.24, 2.45) is 5.92 Å². The van der Waals surface area contributed by atoms with Crippen molar-refractivity contribution in [3.05, 3.63) is 29.8 Å². The predicted molar refractivity (Wildman–Crippen MR) is 89.6 cm³/mol. The van der Waals surface area contributed by atoms with Crippen molar-refractivity contribution in [2.75, 3.05) is 31.6 Å². The maximum Gasteiger partial charge on any atom is 0.251 e. The third kappa shape index (κ3) is 6.00. The quantitative estimate of drug-likeness (QED) is 0.585. The van der Waals surface area contributed by atoms with E-state index in [1.807, 2.05) is 6.92 Å². The molecule has 3 amide bonds. The molecule has 1 aliphatic carbocycles. The number of anilines is 1. The van der Waals surface area contributed by atoms with E-state index < -0.39 is 0 Å². The predicted octanol–water partition coefficient (Wildman–Crippen LogP) is 0.918. The lowest BCUT2D eigenvalue weighted by Gasteiger charge is -2.08. The van der Waals surface area contributed by atoms with Gasteiger partial charge in [-0.1, -0.05) is 0 Å². The van der Waals surface area contributed by atoms with Crippen molar-refractivity contribution in [3.63, 3.8) is 0 Å². The lowest BCUT2D eigenvalue weighted by Crippen LogP contribution is -2.36. The van der Waals surface area contributed by atoms with E-state index in [0.29, 0.717) is 30.9 Å². The standard InChI is InChI=1S/C17H23N3O4/c1-2-24-11-15(21)18-9-10-19-16(22)12-5-7-14(8-6-12)20-17(23)13-3-4-13/h5-8,13H,2-4,9-11H2,1H3,(H,18,21)(H,19,22)(H,20,23). The smallest absolute Gasteiger partial charge is 0.251 e. The summed E-state index contributed by atoms with van der Waals surface area (Å²) in [7, 11) is 0. The summed E-state index contributed by atoms with van der Waals surface area (Å²) < 4.78 is 4.97. The Morgan fingerprint density at radius 2 is 1.75 bits per heavy atom. The zero-order chi connectivity index (χ0) is 17.4. The van der Waals surface area contributed by atoms with E-state index in [4.69, 9.17) is 4.74 Å². The number of hydrogen-bond acceptors (Lipinski definition) is 4. The van der Waals surface area contributed by atoms with Gasteiger partial charge in [0.15, 0.2) is 0 Å². The molecule has 7 nitrogen and oxygen atoms in total. The van der Waals surface area contributed by atoms with E-state index in [-0.39, 0.29) is 30.2 Å². The molecule has 3 N–H and O–H groups in total. The number of rotatable bonds is 9.